The van der Waals surface area contributed by atoms with Crippen LogP contribution in [0, 0.1) is 22.7 Å². The van der Waals surface area contributed by atoms with E-state index in [-0.39, 0.29) is 46.1 Å². The van der Waals surface area contributed by atoms with Crippen molar-refractivity contribution in [2.45, 2.75) is 78.1 Å². The molecule has 1 aliphatic heterocycles. The number of carbonyl (C=O) groups excluding carboxylic acids is 2. The average Bonchev–Trinajstić information content (AvgIpc) is 2.52. The van der Waals surface area contributed by atoms with Crippen LogP contribution in [0.1, 0.15) is 60.8 Å². The van der Waals surface area contributed by atoms with Crippen LogP contribution < -0.4 is 0 Å². The molecule has 6 atom stereocenters. The summed E-state index contributed by atoms with van der Waals surface area (Å²) in [5, 5.41) is 0. The molecule has 3 rings (SSSR count). The van der Waals surface area contributed by atoms with Crippen LogP contribution in [0.15, 0.2) is 24.8 Å². The van der Waals surface area contributed by atoms with Crippen LogP contribution in [0.25, 0.3) is 0 Å². The molecule has 1 saturated heterocycles. The van der Waals surface area contributed by atoms with Gasteiger partial charge in [-0.15, -0.1) is 6.58 Å². The van der Waals surface area contributed by atoms with E-state index < -0.39 is 5.60 Å². The first-order chi connectivity index (χ1) is 11.9. The Morgan fingerprint density at radius 2 is 1.92 bits per heavy atom. The minimum absolute atomic E-state index is 0.162. The summed E-state index contributed by atoms with van der Waals surface area (Å²) in [5.41, 5.74) is -1.61. The Bertz CT molecular complexity index is 678. The largest absolute Gasteiger partial charge is 0.459 e. The molecule has 4 nitrogen and oxygen atoms in total. The number of allylic oxidation sites excluding steroid dienone is 2. The number of ether oxygens (including phenoxy) is 2. The maximum atomic E-state index is 12.5. The summed E-state index contributed by atoms with van der Waals surface area (Å²) in [6, 6.07) is 0. The van der Waals surface area contributed by atoms with E-state index in [1.807, 2.05) is 6.92 Å². The molecule has 2 unspecified atom stereocenters. The molecule has 0 spiro atoms. The molecule has 1 saturated carbocycles. The van der Waals surface area contributed by atoms with Crippen LogP contribution in [0.3, 0.4) is 0 Å². The molecule has 0 N–H and O–H groups in total. The Labute approximate surface area is 157 Å². The molecule has 26 heavy (non-hydrogen) atoms. The van der Waals surface area contributed by atoms with Gasteiger partial charge in [0.25, 0.3) is 0 Å². The van der Waals surface area contributed by atoms with E-state index in [4.69, 9.17) is 9.47 Å². The van der Waals surface area contributed by atoms with E-state index in [1.54, 1.807) is 12.2 Å². The molecule has 4 heteroatoms. The second-order valence-corrected chi connectivity index (χ2v) is 9.57. The van der Waals surface area contributed by atoms with Gasteiger partial charge in [0, 0.05) is 18.3 Å². The molecule has 0 bridgehead atoms. The van der Waals surface area contributed by atoms with Crippen LogP contribution in [0.4, 0.5) is 0 Å². The van der Waals surface area contributed by atoms with E-state index in [1.165, 1.54) is 6.92 Å². The highest BCUT2D eigenvalue weighted by molar-refractivity contribution is 5.95. The van der Waals surface area contributed by atoms with Gasteiger partial charge in [0.05, 0.1) is 5.60 Å². The summed E-state index contributed by atoms with van der Waals surface area (Å²) in [6.45, 7) is 15.9. The topological polar surface area (TPSA) is 52.6 Å². The normalized spacial score (nSPS) is 46.8. The SMILES string of the molecule is C=C[C@]1(C)O[C@@]2(C)CCC3C(C)(C)C(=O)C=C[C@@]3(C)C2C[C@H]1OC(C)=O. The summed E-state index contributed by atoms with van der Waals surface area (Å²) in [7, 11) is 0. The molecule has 0 radical (unpaired) electrons. The van der Waals surface area contributed by atoms with Gasteiger partial charge in [-0.25, -0.2) is 0 Å². The Kier molecular flexibility index (Phi) is 4.31. The number of esters is 1. The standard InChI is InChI=1S/C22H32O4/c1-8-21(6)18(25-14(2)23)13-16-20(5)11-10-17(24)19(3,4)15(20)9-12-22(16,7)26-21/h8,10-11,15-16,18H,1,9,12-13H2,2-7H3/t15?,16?,18-,20-,21+,22+/m1/s1. The maximum absolute atomic E-state index is 12.5. The first-order valence-electron chi connectivity index (χ1n) is 9.64. The lowest BCUT2D eigenvalue weighted by atomic mass is 9.46. The molecule has 0 aromatic heterocycles. The third-order valence-electron chi connectivity index (χ3n) is 7.52. The Balaban J connectivity index is 2.05. The highest BCUT2D eigenvalue weighted by Gasteiger charge is 2.64. The fourth-order valence-corrected chi connectivity index (χ4v) is 6.01. The Morgan fingerprint density at radius 3 is 2.50 bits per heavy atom. The molecule has 0 aromatic carbocycles. The maximum Gasteiger partial charge on any atom is 0.303 e. The summed E-state index contributed by atoms with van der Waals surface area (Å²) in [6.07, 6.45) is 7.78. The fourth-order valence-electron chi connectivity index (χ4n) is 6.01. The number of ketones is 1. The van der Waals surface area contributed by atoms with E-state index in [0.29, 0.717) is 6.42 Å². The zero-order chi connectivity index (χ0) is 19.5. The lowest BCUT2D eigenvalue weighted by Gasteiger charge is -2.64. The quantitative estimate of drug-likeness (QED) is 0.546. The van der Waals surface area contributed by atoms with Crippen molar-refractivity contribution < 1.29 is 19.1 Å². The number of hydrogen-bond donors (Lipinski definition) is 0. The number of hydrogen-bond acceptors (Lipinski definition) is 4. The van der Waals surface area contributed by atoms with Crippen molar-refractivity contribution in [3.63, 3.8) is 0 Å². The monoisotopic (exact) mass is 360 g/mol. The average molecular weight is 360 g/mol. The molecule has 2 aliphatic carbocycles. The van der Waals surface area contributed by atoms with Crippen LogP contribution in [-0.4, -0.2) is 29.1 Å². The van der Waals surface area contributed by atoms with Gasteiger partial charge in [-0.3, -0.25) is 9.59 Å². The highest BCUT2D eigenvalue weighted by atomic mass is 16.6. The van der Waals surface area contributed by atoms with Crippen LogP contribution in [-0.2, 0) is 19.1 Å². The smallest absolute Gasteiger partial charge is 0.303 e. The fraction of sp³-hybridized carbons (Fsp3) is 0.727. The van der Waals surface area contributed by atoms with Gasteiger partial charge in [-0.05, 0) is 50.5 Å². The Hall–Kier alpha value is -1.42. The van der Waals surface area contributed by atoms with Crippen LogP contribution in [0.2, 0.25) is 0 Å². The Morgan fingerprint density at radius 1 is 1.27 bits per heavy atom. The molecule has 144 valence electrons. The lowest BCUT2D eigenvalue weighted by molar-refractivity contribution is -0.272. The summed E-state index contributed by atoms with van der Waals surface area (Å²) < 4.78 is 12.3. The van der Waals surface area contributed by atoms with Gasteiger partial charge in [-0.1, -0.05) is 32.9 Å². The zero-order valence-corrected chi connectivity index (χ0v) is 16.9. The van der Waals surface area contributed by atoms with Gasteiger partial charge in [0.1, 0.15) is 11.7 Å². The van der Waals surface area contributed by atoms with E-state index in [9.17, 15) is 9.59 Å². The van der Waals surface area contributed by atoms with E-state index >= 15 is 0 Å². The van der Waals surface area contributed by atoms with E-state index in [2.05, 4.69) is 40.3 Å². The number of fused-ring (bicyclic) bond motifs is 3. The lowest BCUT2D eigenvalue weighted by Crippen LogP contribution is -2.66. The molecular weight excluding hydrogens is 328 g/mol. The predicted octanol–water partition coefficient (Wildman–Crippen LogP) is 4.24. The van der Waals surface area contributed by atoms with Crippen molar-refractivity contribution in [1.29, 1.82) is 0 Å². The summed E-state index contributed by atoms with van der Waals surface area (Å²) in [5.74, 6) is 0.310. The number of rotatable bonds is 2. The third-order valence-corrected chi connectivity index (χ3v) is 7.52. The van der Waals surface area contributed by atoms with Crippen molar-refractivity contribution in [1.82, 2.24) is 0 Å². The minimum atomic E-state index is -0.705. The number of carbonyl (C=O) groups is 2. The van der Waals surface area contributed by atoms with E-state index in [0.717, 1.165) is 12.8 Å². The molecule has 3 aliphatic rings. The van der Waals surface area contributed by atoms with Crippen LogP contribution >= 0.6 is 0 Å². The van der Waals surface area contributed by atoms with Crippen molar-refractivity contribution >= 4 is 11.8 Å². The van der Waals surface area contributed by atoms with Gasteiger partial charge >= 0.3 is 5.97 Å². The van der Waals surface area contributed by atoms with Crippen molar-refractivity contribution in [3.8, 4) is 0 Å². The van der Waals surface area contributed by atoms with Crippen molar-refractivity contribution in [2.24, 2.45) is 22.7 Å². The van der Waals surface area contributed by atoms with Gasteiger partial charge < -0.3 is 9.47 Å². The summed E-state index contributed by atoms with van der Waals surface area (Å²) >= 11 is 0. The second-order valence-electron chi connectivity index (χ2n) is 9.57. The van der Waals surface area contributed by atoms with Crippen molar-refractivity contribution in [2.75, 3.05) is 0 Å². The molecule has 0 amide bonds. The highest BCUT2D eigenvalue weighted by Crippen LogP contribution is 2.63. The first kappa shape index (κ1) is 19.3. The van der Waals surface area contributed by atoms with Gasteiger partial charge in [0.15, 0.2) is 5.78 Å². The summed E-state index contributed by atoms with van der Waals surface area (Å²) in [4.78, 5) is 24.2. The van der Waals surface area contributed by atoms with Crippen LogP contribution in [0.5, 0.6) is 0 Å². The molecule has 0 aromatic rings. The van der Waals surface area contributed by atoms with Gasteiger partial charge in [-0.2, -0.15) is 0 Å². The minimum Gasteiger partial charge on any atom is -0.459 e. The molecule has 2 fully saturated rings. The zero-order valence-electron chi connectivity index (χ0n) is 16.9. The molecular formula is C22H32O4. The predicted molar refractivity (Wildman–Crippen MR) is 101 cm³/mol. The van der Waals surface area contributed by atoms with Crippen molar-refractivity contribution in [3.05, 3.63) is 24.8 Å². The third kappa shape index (κ3) is 2.60. The molecule has 1 heterocycles. The second kappa shape index (κ2) is 5.79. The van der Waals surface area contributed by atoms with Gasteiger partial charge in [0.2, 0.25) is 0 Å². The first-order valence-corrected chi connectivity index (χ1v) is 9.64.